The molecule has 2 aliphatic heterocycles. The number of hydrogen-bond acceptors (Lipinski definition) is 8. The zero-order valence-electron chi connectivity index (χ0n) is 21.3. The Hall–Kier alpha value is -3.22. The molecule has 2 saturated heterocycles. The molecular formula is C25H37N5O7. The highest BCUT2D eigenvalue weighted by Gasteiger charge is 2.51. The van der Waals surface area contributed by atoms with Gasteiger partial charge in [0.25, 0.3) is 11.8 Å². The van der Waals surface area contributed by atoms with Crippen molar-refractivity contribution < 1.29 is 33.8 Å². The van der Waals surface area contributed by atoms with Crippen molar-refractivity contribution >= 4 is 23.6 Å². The number of phenols is 1. The standard InChI is InChI=1S/C25H37N5O7/c1-15(2)13-19(23(33)28-18(22(26)32)14-16-3-5-17(31)6-4-16)29-25(35)21-20(37-21)24(34)27-7-8-30-9-11-36-12-10-30/h3-6,15,18-21,31H,7-14H2,1-2H3,(H2,26,32)(H,27,34)(H,28,33)(H,29,35)/t18-,19-,20?,21?/m0/s1. The van der Waals surface area contributed by atoms with Crippen molar-refractivity contribution in [3.05, 3.63) is 29.8 Å². The molecule has 0 spiro atoms. The molecule has 12 heteroatoms. The van der Waals surface area contributed by atoms with Crippen LogP contribution in [-0.2, 0) is 35.1 Å². The van der Waals surface area contributed by atoms with Gasteiger partial charge in [-0.3, -0.25) is 24.1 Å². The van der Waals surface area contributed by atoms with Gasteiger partial charge in [-0.05, 0) is 30.0 Å². The molecule has 3 rings (SSSR count). The maximum atomic E-state index is 13.0. The predicted molar refractivity (Wildman–Crippen MR) is 133 cm³/mol. The number of rotatable bonds is 13. The first-order valence-electron chi connectivity index (χ1n) is 12.5. The summed E-state index contributed by atoms with van der Waals surface area (Å²) in [6, 6.07) is 4.25. The number of nitrogens with zero attached hydrogens (tertiary/aromatic N) is 1. The van der Waals surface area contributed by atoms with Crippen LogP contribution in [0.2, 0.25) is 0 Å². The molecule has 6 N–H and O–H groups in total. The number of nitrogens with one attached hydrogen (secondary N) is 3. The minimum absolute atomic E-state index is 0.0552. The number of ether oxygens (including phenoxy) is 2. The zero-order valence-corrected chi connectivity index (χ0v) is 21.3. The normalized spacial score (nSPS) is 21.1. The largest absolute Gasteiger partial charge is 0.508 e. The third-order valence-corrected chi connectivity index (χ3v) is 6.22. The molecule has 1 aromatic rings. The van der Waals surface area contributed by atoms with Crippen LogP contribution in [0, 0.1) is 5.92 Å². The van der Waals surface area contributed by atoms with E-state index in [0.717, 1.165) is 13.1 Å². The SMILES string of the molecule is CC(C)C[C@H](NC(=O)C1OC1C(=O)NCCN1CCOCC1)C(=O)N[C@@H](Cc1ccc(O)cc1)C(N)=O. The number of amides is 4. The molecule has 4 atom stereocenters. The van der Waals surface area contributed by atoms with Gasteiger partial charge in [0.05, 0.1) is 13.2 Å². The third-order valence-electron chi connectivity index (χ3n) is 6.22. The summed E-state index contributed by atoms with van der Waals surface area (Å²) in [7, 11) is 0. The number of carbonyl (C=O) groups excluding carboxylic acids is 4. The van der Waals surface area contributed by atoms with Gasteiger partial charge in [0.1, 0.15) is 17.8 Å². The Bertz CT molecular complexity index is 949. The summed E-state index contributed by atoms with van der Waals surface area (Å²) >= 11 is 0. The van der Waals surface area contributed by atoms with Crippen molar-refractivity contribution in [3.63, 3.8) is 0 Å². The van der Waals surface area contributed by atoms with Crippen LogP contribution in [0.3, 0.4) is 0 Å². The van der Waals surface area contributed by atoms with Gasteiger partial charge < -0.3 is 36.3 Å². The molecule has 4 amide bonds. The van der Waals surface area contributed by atoms with Crippen molar-refractivity contribution in [3.8, 4) is 5.75 Å². The minimum Gasteiger partial charge on any atom is -0.508 e. The molecular weight excluding hydrogens is 482 g/mol. The van der Waals surface area contributed by atoms with Crippen LogP contribution in [0.25, 0.3) is 0 Å². The number of hydrogen-bond donors (Lipinski definition) is 5. The van der Waals surface area contributed by atoms with E-state index in [1.54, 1.807) is 12.1 Å². The van der Waals surface area contributed by atoms with Gasteiger partial charge >= 0.3 is 0 Å². The summed E-state index contributed by atoms with van der Waals surface area (Å²) in [4.78, 5) is 52.3. The number of aromatic hydroxyl groups is 1. The smallest absolute Gasteiger partial charge is 0.253 e. The Labute approximate surface area is 216 Å². The first-order chi connectivity index (χ1) is 17.6. The van der Waals surface area contributed by atoms with Gasteiger partial charge in [-0.25, -0.2) is 0 Å². The lowest BCUT2D eigenvalue weighted by molar-refractivity contribution is -0.132. The second-order valence-corrected chi connectivity index (χ2v) is 9.75. The van der Waals surface area contributed by atoms with Crippen molar-refractivity contribution in [1.82, 2.24) is 20.9 Å². The Kier molecular flexibility index (Phi) is 10.2. The highest BCUT2D eigenvalue weighted by molar-refractivity contribution is 5.97. The van der Waals surface area contributed by atoms with Crippen LogP contribution >= 0.6 is 0 Å². The Balaban J connectivity index is 1.50. The molecule has 0 aromatic heterocycles. The van der Waals surface area contributed by atoms with Crippen molar-refractivity contribution in [2.24, 2.45) is 11.7 Å². The van der Waals surface area contributed by atoms with E-state index in [-0.39, 0.29) is 24.0 Å². The Morgan fingerprint density at radius 3 is 2.30 bits per heavy atom. The molecule has 2 aliphatic rings. The molecule has 204 valence electrons. The third kappa shape index (κ3) is 8.99. The van der Waals surface area contributed by atoms with Crippen LogP contribution in [-0.4, -0.2) is 97.3 Å². The van der Waals surface area contributed by atoms with E-state index in [2.05, 4.69) is 20.9 Å². The van der Waals surface area contributed by atoms with E-state index in [9.17, 15) is 24.3 Å². The van der Waals surface area contributed by atoms with Crippen molar-refractivity contribution in [2.45, 2.75) is 51.0 Å². The summed E-state index contributed by atoms with van der Waals surface area (Å²) in [6.45, 7) is 7.87. The highest BCUT2D eigenvalue weighted by atomic mass is 16.6. The van der Waals surface area contributed by atoms with Gasteiger partial charge in [-0.15, -0.1) is 0 Å². The Morgan fingerprint density at radius 1 is 1.03 bits per heavy atom. The molecule has 0 bridgehead atoms. The second-order valence-electron chi connectivity index (χ2n) is 9.75. The molecule has 2 fully saturated rings. The fourth-order valence-corrected chi connectivity index (χ4v) is 4.09. The van der Waals surface area contributed by atoms with E-state index in [1.807, 2.05) is 13.8 Å². The molecule has 2 unspecified atom stereocenters. The van der Waals surface area contributed by atoms with Crippen LogP contribution in [0.1, 0.15) is 25.8 Å². The monoisotopic (exact) mass is 519 g/mol. The summed E-state index contributed by atoms with van der Waals surface area (Å²) in [5.74, 6) is -2.09. The molecule has 2 heterocycles. The lowest BCUT2D eigenvalue weighted by atomic mass is 10.0. The van der Waals surface area contributed by atoms with Crippen molar-refractivity contribution in [2.75, 3.05) is 39.4 Å². The average Bonchev–Trinajstić information content (AvgIpc) is 3.66. The molecule has 0 radical (unpaired) electrons. The molecule has 0 aliphatic carbocycles. The number of benzene rings is 1. The van der Waals surface area contributed by atoms with Gasteiger partial charge in [0.15, 0.2) is 12.2 Å². The number of nitrogens with two attached hydrogens (primary N) is 1. The second kappa shape index (κ2) is 13.4. The van der Waals surface area contributed by atoms with E-state index in [4.69, 9.17) is 15.2 Å². The van der Waals surface area contributed by atoms with Crippen LogP contribution in [0.4, 0.5) is 0 Å². The number of morpholine rings is 1. The van der Waals surface area contributed by atoms with Gasteiger partial charge in [0.2, 0.25) is 11.8 Å². The first-order valence-corrected chi connectivity index (χ1v) is 12.5. The summed E-state index contributed by atoms with van der Waals surface area (Å²) in [6.07, 6.45) is -1.44. The van der Waals surface area contributed by atoms with E-state index < -0.39 is 42.0 Å². The molecule has 0 saturated carbocycles. The lowest BCUT2D eigenvalue weighted by Crippen LogP contribution is -2.54. The van der Waals surface area contributed by atoms with Gasteiger partial charge in [0, 0.05) is 32.6 Å². The number of phenolic OH excluding ortho intramolecular Hbond substituents is 1. The van der Waals surface area contributed by atoms with Crippen LogP contribution in [0.5, 0.6) is 5.75 Å². The van der Waals surface area contributed by atoms with E-state index >= 15 is 0 Å². The number of epoxide rings is 1. The molecule has 1 aromatic carbocycles. The van der Waals surface area contributed by atoms with Gasteiger partial charge in [-0.2, -0.15) is 0 Å². The van der Waals surface area contributed by atoms with Gasteiger partial charge in [-0.1, -0.05) is 26.0 Å². The summed E-state index contributed by atoms with van der Waals surface area (Å²) in [5, 5.41) is 17.5. The van der Waals surface area contributed by atoms with E-state index in [1.165, 1.54) is 12.1 Å². The van der Waals surface area contributed by atoms with Crippen molar-refractivity contribution in [1.29, 1.82) is 0 Å². The van der Waals surface area contributed by atoms with Crippen LogP contribution in [0.15, 0.2) is 24.3 Å². The lowest BCUT2D eigenvalue weighted by Gasteiger charge is -2.26. The molecule has 12 nitrogen and oxygen atoms in total. The zero-order chi connectivity index (χ0) is 26.9. The number of carbonyl (C=O) groups is 4. The van der Waals surface area contributed by atoms with E-state index in [0.29, 0.717) is 38.3 Å². The van der Waals surface area contributed by atoms with Crippen LogP contribution < -0.4 is 21.7 Å². The minimum atomic E-state index is -1.01. The highest BCUT2D eigenvalue weighted by Crippen LogP contribution is 2.23. The summed E-state index contributed by atoms with van der Waals surface area (Å²) < 4.78 is 10.6. The predicted octanol–water partition coefficient (Wildman–Crippen LogP) is -1.35. The quantitative estimate of drug-likeness (QED) is 0.199. The molecule has 37 heavy (non-hydrogen) atoms. The number of primary amides is 1. The average molecular weight is 520 g/mol. The topological polar surface area (TPSA) is 176 Å². The maximum Gasteiger partial charge on any atom is 0.253 e. The Morgan fingerprint density at radius 2 is 1.68 bits per heavy atom. The first kappa shape index (κ1) is 28.4. The fourth-order valence-electron chi connectivity index (χ4n) is 4.09. The maximum absolute atomic E-state index is 13.0. The summed E-state index contributed by atoms with van der Waals surface area (Å²) in [5.41, 5.74) is 6.19. The fraction of sp³-hybridized carbons (Fsp3) is 0.600.